The fraction of sp³-hybridized carbons (Fsp3) is 0.158. The molecule has 120 valence electrons. The number of para-hydroxylation sites is 1. The lowest BCUT2D eigenvalue weighted by Crippen LogP contribution is -2.11. The number of hydrogen-bond acceptors (Lipinski definition) is 4. The number of aryl methyl sites for hydroxylation is 1. The third-order valence-corrected chi connectivity index (χ3v) is 4.32. The number of rotatable bonds is 3. The highest BCUT2D eigenvalue weighted by Gasteiger charge is 2.24. The Balaban J connectivity index is 2.20. The van der Waals surface area contributed by atoms with Crippen LogP contribution in [0.1, 0.15) is 27.8 Å². The largest absolute Gasteiger partial charge is 0.461 e. The second-order valence-corrected chi connectivity index (χ2v) is 5.59. The minimum Gasteiger partial charge on any atom is -0.461 e. The Morgan fingerprint density at radius 1 is 1.17 bits per heavy atom. The fourth-order valence-corrected chi connectivity index (χ4v) is 3.35. The molecule has 5 nitrogen and oxygen atoms in total. The number of nitrogens with zero attached hydrogens (tertiary/aromatic N) is 1. The summed E-state index contributed by atoms with van der Waals surface area (Å²) in [6.07, 6.45) is 0.711. The molecule has 0 saturated carbocycles. The van der Waals surface area contributed by atoms with Crippen LogP contribution in [0.25, 0.3) is 32.8 Å². The first kappa shape index (κ1) is 14.5. The number of benzene rings is 2. The number of ether oxygens (including phenoxy) is 1. The van der Waals surface area contributed by atoms with Crippen LogP contribution in [-0.4, -0.2) is 23.4 Å². The Hall–Kier alpha value is -3.08. The third-order valence-electron chi connectivity index (χ3n) is 4.32. The molecule has 2 aromatic carbocycles. The first-order valence-corrected chi connectivity index (χ1v) is 7.72. The van der Waals surface area contributed by atoms with Crippen molar-refractivity contribution in [2.45, 2.75) is 6.92 Å². The average Bonchev–Trinajstić information content (AvgIpc) is 3.09. The van der Waals surface area contributed by atoms with Gasteiger partial charge in [-0.1, -0.05) is 18.2 Å². The van der Waals surface area contributed by atoms with E-state index in [0.29, 0.717) is 11.8 Å². The molecule has 0 aliphatic carbocycles. The minimum absolute atomic E-state index is 0.253. The summed E-state index contributed by atoms with van der Waals surface area (Å²) in [5, 5.41) is 2.56. The van der Waals surface area contributed by atoms with Gasteiger partial charge in [0.25, 0.3) is 0 Å². The van der Waals surface area contributed by atoms with E-state index in [9.17, 15) is 9.59 Å². The van der Waals surface area contributed by atoms with Crippen molar-refractivity contribution in [3.63, 3.8) is 0 Å². The summed E-state index contributed by atoms with van der Waals surface area (Å²) >= 11 is 0. The molecule has 4 rings (SSSR count). The van der Waals surface area contributed by atoms with Crippen LogP contribution in [0.2, 0.25) is 0 Å². The average molecular weight is 321 g/mol. The molecule has 4 aromatic rings. The summed E-state index contributed by atoms with van der Waals surface area (Å²) < 4.78 is 12.7. The van der Waals surface area contributed by atoms with Crippen LogP contribution in [0, 0.1) is 0 Å². The van der Waals surface area contributed by atoms with E-state index >= 15 is 0 Å². The van der Waals surface area contributed by atoms with Gasteiger partial charge in [0.2, 0.25) is 0 Å². The molecule has 0 N–H and O–H groups in total. The number of carbonyl (C=O) groups excluding carboxylic acids is 2. The first-order chi connectivity index (χ1) is 11.7. The molecular weight excluding hydrogens is 306 g/mol. The molecule has 24 heavy (non-hydrogen) atoms. The number of aromatic nitrogens is 1. The van der Waals surface area contributed by atoms with E-state index in [2.05, 4.69) is 0 Å². The second kappa shape index (κ2) is 5.23. The molecule has 0 radical (unpaired) electrons. The topological polar surface area (TPSA) is 61.4 Å². The number of aldehydes is 1. The van der Waals surface area contributed by atoms with Crippen molar-refractivity contribution in [1.29, 1.82) is 0 Å². The third kappa shape index (κ3) is 1.81. The monoisotopic (exact) mass is 321 g/mol. The Kier molecular flexibility index (Phi) is 3.16. The van der Waals surface area contributed by atoms with Gasteiger partial charge in [-0.2, -0.15) is 0 Å². The summed E-state index contributed by atoms with van der Waals surface area (Å²) in [5.74, 6) is -0.501. The molecule has 2 heterocycles. The van der Waals surface area contributed by atoms with Crippen molar-refractivity contribution < 1.29 is 18.7 Å². The van der Waals surface area contributed by atoms with Gasteiger partial charge in [-0.25, -0.2) is 4.79 Å². The Morgan fingerprint density at radius 3 is 2.71 bits per heavy atom. The Labute approximate surface area is 137 Å². The van der Waals surface area contributed by atoms with E-state index in [0.717, 1.165) is 32.8 Å². The molecular formula is C19H15NO4. The Morgan fingerprint density at radius 2 is 1.96 bits per heavy atom. The molecule has 0 amide bonds. The molecule has 0 spiro atoms. The van der Waals surface area contributed by atoms with Crippen molar-refractivity contribution >= 4 is 45.1 Å². The van der Waals surface area contributed by atoms with Crippen LogP contribution in [0.4, 0.5) is 0 Å². The standard InChI is InChI=1S/C19H15NO4/c1-3-23-19(22)18-13(10-21)11-8-9-15-16(17(11)20(18)2)12-6-4-5-7-14(12)24-15/h4-10H,3H2,1-2H3. The van der Waals surface area contributed by atoms with E-state index in [-0.39, 0.29) is 12.3 Å². The lowest BCUT2D eigenvalue weighted by Gasteiger charge is -2.05. The molecule has 0 atom stereocenters. The van der Waals surface area contributed by atoms with Gasteiger partial charge < -0.3 is 13.7 Å². The van der Waals surface area contributed by atoms with Crippen LogP contribution in [0.5, 0.6) is 0 Å². The highest BCUT2D eigenvalue weighted by molar-refractivity contribution is 6.22. The van der Waals surface area contributed by atoms with Gasteiger partial charge in [0.05, 0.1) is 23.1 Å². The second-order valence-electron chi connectivity index (χ2n) is 5.59. The van der Waals surface area contributed by atoms with E-state index in [1.807, 2.05) is 36.4 Å². The Bertz CT molecular complexity index is 1120. The summed E-state index contributed by atoms with van der Waals surface area (Å²) in [6, 6.07) is 11.4. The van der Waals surface area contributed by atoms with Crippen molar-refractivity contribution in [2.24, 2.45) is 7.05 Å². The normalized spacial score (nSPS) is 11.4. The van der Waals surface area contributed by atoms with Gasteiger partial charge in [-0.05, 0) is 25.1 Å². The lowest BCUT2D eigenvalue weighted by atomic mass is 10.1. The first-order valence-electron chi connectivity index (χ1n) is 7.72. The number of hydrogen-bond donors (Lipinski definition) is 0. The summed E-state index contributed by atoms with van der Waals surface area (Å²) in [5.41, 5.74) is 2.89. The molecule has 0 unspecified atom stereocenters. The van der Waals surface area contributed by atoms with Crippen molar-refractivity contribution in [3.05, 3.63) is 47.7 Å². The van der Waals surface area contributed by atoms with E-state index < -0.39 is 5.97 Å². The van der Waals surface area contributed by atoms with Gasteiger partial charge in [-0.15, -0.1) is 0 Å². The quantitative estimate of drug-likeness (QED) is 0.421. The summed E-state index contributed by atoms with van der Waals surface area (Å²) in [6.45, 7) is 1.99. The van der Waals surface area contributed by atoms with Crippen LogP contribution < -0.4 is 0 Å². The predicted molar refractivity (Wildman–Crippen MR) is 91.5 cm³/mol. The van der Waals surface area contributed by atoms with Gasteiger partial charge >= 0.3 is 5.97 Å². The van der Waals surface area contributed by atoms with E-state index in [1.54, 1.807) is 18.5 Å². The van der Waals surface area contributed by atoms with Crippen molar-refractivity contribution in [1.82, 2.24) is 4.57 Å². The van der Waals surface area contributed by atoms with Crippen molar-refractivity contribution in [3.8, 4) is 0 Å². The zero-order valence-electron chi connectivity index (χ0n) is 13.3. The van der Waals surface area contributed by atoms with Gasteiger partial charge in [0.1, 0.15) is 16.9 Å². The number of carbonyl (C=O) groups is 2. The van der Waals surface area contributed by atoms with E-state index in [1.165, 1.54) is 0 Å². The van der Waals surface area contributed by atoms with Gasteiger partial charge in [-0.3, -0.25) is 4.79 Å². The molecule has 0 aliphatic rings. The number of fused-ring (bicyclic) bond motifs is 5. The highest BCUT2D eigenvalue weighted by atomic mass is 16.5. The minimum atomic E-state index is -0.501. The fourth-order valence-electron chi connectivity index (χ4n) is 3.35. The molecule has 2 aromatic heterocycles. The molecule has 5 heteroatoms. The molecule has 0 bridgehead atoms. The lowest BCUT2D eigenvalue weighted by molar-refractivity contribution is 0.0513. The SMILES string of the molecule is CCOC(=O)c1c(C=O)c2ccc3oc4ccccc4c3c2n1C. The van der Waals surface area contributed by atoms with Gasteiger partial charge in [0, 0.05) is 17.8 Å². The number of furan rings is 1. The molecule has 0 saturated heterocycles. The maximum Gasteiger partial charge on any atom is 0.355 e. The molecule has 0 aliphatic heterocycles. The highest BCUT2D eigenvalue weighted by Crippen LogP contribution is 2.37. The predicted octanol–water partition coefficient (Wildman–Crippen LogP) is 4.07. The zero-order chi connectivity index (χ0) is 16.8. The van der Waals surface area contributed by atoms with Crippen LogP contribution in [0.3, 0.4) is 0 Å². The number of esters is 1. The molecule has 0 fully saturated rings. The smallest absolute Gasteiger partial charge is 0.355 e. The van der Waals surface area contributed by atoms with Crippen LogP contribution in [0.15, 0.2) is 40.8 Å². The maximum atomic E-state index is 12.3. The van der Waals surface area contributed by atoms with Crippen LogP contribution in [-0.2, 0) is 11.8 Å². The summed E-state index contributed by atoms with van der Waals surface area (Å²) in [4.78, 5) is 24.0. The van der Waals surface area contributed by atoms with Crippen molar-refractivity contribution in [2.75, 3.05) is 6.61 Å². The van der Waals surface area contributed by atoms with Gasteiger partial charge in [0.15, 0.2) is 6.29 Å². The van der Waals surface area contributed by atoms with E-state index in [4.69, 9.17) is 9.15 Å². The summed E-state index contributed by atoms with van der Waals surface area (Å²) in [7, 11) is 1.77. The van der Waals surface area contributed by atoms with Crippen LogP contribution >= 0.6 is 0 Å². The zero-order valence-corrected chi connectivity index (χ0v) is 13.3. The maximum absolute atomic E-state index is 12.3.